The number of nitrogens with zero attached hydrogens (tertiary/aromatic N) is 4. The van der Waals surface area contributed by atoms with E-state index in [2.05, 4.69) is 20.2 Å². The summed E-state index contributed by atoms with van der Waals surface area (Å²) < 4.78 is 6.34. The third-order valence-corrected chi connectivity index (χ3v) is 3.31. The normalized spacial score (nSPS) is 10.7. The number of hydrogen-bond donors (Lipinski definition) is 1. The van der Waals surface area contributed by atoms with Gasteiger partial charge in [-0.2, -0.15) is 14.9 Å². The van der Waals surface area contributed by atoms with Gasteiger partial charge in [-0.1, -0.05) is 24.8 Å². The van der Waals surface area contributed by atoms with Crippen molar-refractivity contribution in [3.05, 3.63) is 76.4 Å². The number of aromatic nitrogens is 2. The molecule has 0 saturated carbocycles. The average Bonchev–Trinajstić information content (AvgIpc) is 2.97. The second kappa shape index (κ2) is 6.62. The van der Waals surface area contributed by atoms with E-state index in [1.165, 1.54) is 4.68 Å². The van der Waals surface area contributed by atoms with E-state index in [0.29, 0.717) is 17.1 Å². The van der Waals surface area contributed by atoms with Crippen molar-refractivity contribution in [2.24, 2.45) is 10.2 Å². The summed E-state index contributed by atoms with van der Waals surface area (Å²) in [6.45, 7) is 7.22. The van der Waals surface area contributed by atoms with Gasteiger partial charge in [0.15, 0.2) is 5.69 Å². The molecule has 0 fully saturated rings. The van der Waals surface area contributed by atoms with Crippen LogP contribution in [0.1, 0.15) is 0 Å². The summed E-state index contributed by atoms with van der Waals surface area (Å²) in [4.78, 5) is 15.8. The van der Waals surface area contributed by atoms with Crippen LogP contribution < -0.4 is 10.3 Å². The van der Waals surface area contributed by atoms with E-state index < -0.39 is 5.56 Å². The van der Waals surface area contributed by atoms with E-state index in [4.69, 9.17) is 11.3 Å². The summed E-state index contributed by atoms with van der Waals surface area (Å²) in [6, 6.07) is 15.9. The smallest absolute Gasteiger partial charge is 0.303 e. The molecule has 24 heavy (non-hydrogen) atoms. The maximum atomic E-state index is 12.5. The zero-order valence-electron chi connectivity index (χ0n) is 12.8. The van der Waals surface area contributed by atoms with Crippen LogP contribution in [0.25, 0.3) is 10.5 Å². The van der Waals surface area contributed by atoms with Crippen molar-refractivity contribution in [1.82, 2.24) is 9.78 Å². The number of rotatable bonds is 4. The third-order valence-electron chi connectivity index (χ3n) is 3.31. The van der Waals surface area contributed by atoms with E-state index in [0.717, 1.165) is 0 Å². The van der Waals surface area contributed by atoms with Crippen molar-refractivity contribution in [3.63, 3.8) is 0 Å². The van der Waals surface area contributed by atoms with Crippen molar-refractivity contribution >= 4 is 17.2 Å². The third kappa shape index (κ3) is 2.94. The quantitative estimate of drug-likeness (QED) is 0.579. The van der Waals surface area contributed by atoms with Gasteiger partial charge in [0, 0.05) is 0 Å². The molecule has 118 valence electrons. The Morgan fingerprint density at radius 3 is 2.42 bits per heavy atom. The summed E-state index contributed by atoms with van der Waals surface area (Å²) in [5.41, 5.74) is 0.728. The molecule has 0 radical (unpaired) electrons. The predicted octanol–water partition coefficient (Wildman–Crippen LogP) is 4.14. The molecule has 0 aliphatic heterocycles. The summed E-state index contributed by atoms with van der Waals surface area (Å²) in [5.74, 6) is 0.741. The first-order valence-electron chi connectivity index (χ1n) is 7.06. The number of H-pyrrole nitrogens is 1. The Balaban J connectivity index is 1.98. The number of hydrogen-bond acceptors (Lipinski definition) is 4. The second-order valence-corrected chi connectivity index (χ2v) is 4.79. The Morgan fingerprint density at radius 1 is 1.08 bits per heavy atom. The highest BCUT2D eigenvalue weighted by molar-refractivity contribution is 5.61. The maximum absolute atomic E-state index is 12.5. The fraction of sp³-hybridized carbons (Fsp3) is 0.0588. The van der Waals surface area contributed by atoms with Crippen LogP contribution in [0.2, 0.25) is 0 Å². The molecule has 0 atom stereocenters. The standard InChI is InChI=1S/C17H13N5O2/c1-18-16-15(20-19-12-8-10-14(24-2)11-9-12)17(23)22(21-16)13-6-4-3-5-7-13/h3-11,21H,2H3. The van der Waals surface area contributed by atoms with Crippen molar-refractivity contribution < 1.29 is 4.74 Å². The number of ether oxygens (including phenoxy) is 1. The molecule has 0 bridgehead atoms. The highest BCUT2D eigenvalue weighted by Crippen LogP contribution is 2.26. The van der Waals surface area contributed by atoms with E-state index in [1.807, 2.05) is 6.07 Å². The summed E-state index contributed by atoms with van der Waals surface area (Å²) >= 11 is 0. The van der Waals surface area contributed by atoms with Gasteiger partial charge in [0.1, 0.15) is 5.75 Å². The molecule has 1 heterocycles. The molecule has 0 saturated heterocycles. The van der Waals surface area contributed by atoms with Gasteiger partial charge in [0.05, 0.1) is 18.5 Å². The fourth-order valence-corrected chi connectivity index (χ4v) is 2.10. The van der Waals surface area contributed by atoms with Crippen molar-refractivity contribution in [2.45, 2.75) is 0 Å². The van der Waals surface area contributed by atoms with Gasteiger partial charge in [0.25, 0.3) is 5.82 Å². The molecule has 0 aliphatic rings. The van der Waals surface area contributed by atoms with Crippen LogP contribution in [0.3, 0.4) is 0 Å². The molecule has 3 aromatic rings. The van der Waals surface area contributed by atoms with Crippen molar-refractivity contribution in [2.75, 3.05) is 7.11 Å². The molecule has 0 spiro atoms. The Kier molecular flexibility index (Phi) is 4.21. The minimum Gasteiger partial charge on any atom is -0.497 e. The fourth-order valence-electron chi connectivity index (χ4n) is 2.10. The van der Waals surface area contributed by atoms with Crippen molar-refractivity contribution in [3.8, 4) is 11.4 Å². The number of azo groups is 1. The van der Waals surface area contributed by atoms with E-state index in [9.17, 15) is 4.79 Å². The molecule has 7 nitrogen and oxygen atoms in total. The molecule has 0 aliphatic carbocycles. The van der Waals surface area contributed by atoms with Crippen LogP contribution in [0.5, 0.6) is 5.75 Å². The average molecular weight is 319 g/mol. The molecule has 1 aromatic heterocycles. The highest BCUT2D eigenvalue weighted by atomic mass is 16.5. The minimum absolute atomic E-state index is 0.0235. The Bertz CT molecular complexity index is 963. The molecular weight excluding hydrogens is 306 g/mol. The molecule has 7 heteroatoms. The van der Waals surface area contributed by atoms with Crippen LogP contribution in [-0.2, 0) is 0 Å². The molecule has 3 rings (SSSR count). The van der Waals surface area contributed by atoms with E-state index in [-0.39, 0.29) is 11.5 Å². The lowest BCUT2D eigenvalue weighted by molar-refractivity contribution is 0.415. The van der Waals surface area contributed by atoms with E-state index in [1.54, 1.807) is 55.6 Å². The monoisotopic (exact) mass is 319 g/mol. The first kappa shape index (κ1) is 15.2. The first-order chi connectivity index (χ1) is 11.7. The molecule has 1 N–H and O–H groups in total. The summed E-state index contributed by atoms with van der Waals surface area (Å²) in [6.07, 6.45) is 0. The van der Waals surface area contributed by atoms with Crippen LogP contribution >= 0.6 is 0 Å². The van der Waals surface area contributed by atoms with Gasteiger partial charge >= 0.3 is 5.56 Å². The number of benzene rings is 2. The van der Waals surface area contributed by atoms with E-state index >= 15 is 0 Å². The zero-order valence-corrected chi connectivity index (χ0v) is 12.8. The second-order valence-electron chi connectivity index (χ2n) is 4.79. The van der Waals surface area contributed by atoms with Crippen LogP contribution in [0, 0.1) is 6.57 Å². The predicted molar refractivity (Wildman–Crippen MR) is 89.8 cm³/mol. The largest absolute Gasteiger partial charge is 0.497 e. The van der Waals surface area contributed by atoms with Gasteiger partial charge in [-0.15, -0.1) is 0 Å². The number of para-hydroxylation sites is 1. The number of methoxy groups -OCH3 is 1. The summed E-state index contributed by atoms with van der Waals surface area (Å²) in [5, 5.41) is 10.7. The topological polar surface area (TPSA) is 76.1 Å². The van der Waals surface area contributed by atoms with Gasteiger partial charge in [-0.05, 0) is 36.4 Å². The highest BCUT2D eigenvalue weighted by Gasteiger charge is 2.15. The van der Waals surface area contributed by atoms with Crippen LogP contribution in [0.15, 0.2) is 69.6 Å². The lowest BCUT2D eigenvalue weighted by atomic mass is 10.3. The van der Waals surface area contributed by atoms with Gasteiger partial charge in [0.2, 0.25) is 0 Å². The van der Waals surface area contributed by atoms with Gasteiger partial charge in [-0.25, -0.2) is 5.10 Å². The molecular formula is C17H13N5O2. The Labute approximate surface area is 137 Å². The first-order valence-corrected chi connectivity index (χ1v) is 7.06. The molecule has 0 unspecified atom stereocenters. The maximum Gasteiger partial charge on any atom is 0.303 e. The number of nitrogens with one attached hydrogen (secondary N) is 1. The Morgan fingerprint density at radius 2 is 1.79 bits per heavy atom. The molecule has 0 amide bonds. The van der Waals surface area contributed by atoms with Crippen LogP contribution in [0.4, 0.5) is 17.2 Å². The molecule has 2 aromatic carbocycles. The lowest BCUT2D eigenvalue weighted by Crippen LogP contribution is -2.13. The summed E-state index contributed by atoms with van der Waals surface area (Å²) in [7, 11) is 1.57. The van der Waals surface area contributed by atoms with Gasteiger partial charge < -0.3 is 9.58 Å². The van der Waals surface area contributed by atoms with Crippen molar-refractivity contribution in [1.29, 1.82) is 0 Å². The van der Waals surface area contributed by atoms with Gasteiger partial charge in [-0.3, -0.25) is 4.79 Å². The SMILES string of the molecule is [C-]#[N+]c1[nH]n(-c2ccccc2)c(=O)c1N=Nc1ccc(OC)cc1. The Hall–Kier alpha value is -3.66. The lowest BCUT2D eigenvalue weighted by Gasteiger charge is -1.97. The van der Waals surface area contributed by atoms with Crippen LogP contribution in [-0.4, -0.2) is 16.9 Å². The number of aromatic amines is 1. The zero-order chi connectivity index (χ0) is 16.9. The minimum atomic E-state index is -0.426.